The zero-order valence-corrected chi connectivity index (χ0v) is 17.5. The first-order valence-electron chi connectivity index (χ1n) is 8.51. The minimum Gasteiger partial charge on any atom is -0.493 e. The topological polar surface area (TPSA) is 57.7 Å². The van der Waals surface area contributed by atoms with E-state index in [0.717, 1.165) is 44.4 Å². The summed E-state index contributed by atoms with van der Waals surface area (Å²) in [6.45, 7) is 11.8. The number of hydrogen-bond acceptors (Lipinski definition) is 3. The second kappa shape index (κ2) is 10.1. The zero-order valence-electron chi connectivity index (χ0n) is 15.2. The fourth-order valence-electron chi connectivity index (χ4n) is 2.58. The molecule has 5 nitrogen and oxygen atoms in total. The minimum absolute atomic E-state index is 0. The Bertz CT molecular complexity index is 528. The van der Waals surface area contributed by atoms with Gasteiger partial charge in [0.1, 0.15) is 5.75 Å². The maximum atomic E-state index is 5.72. The quantitative estimate of drug-likeness (QED) is 0.282. The van der Waals surface area contributed by atoms with Crippen LogP contribution in [-0.2, 0) is 0 Å². The molecule has 0 radical (unpaired) electrons. The molecule has 0 saturated carbocycles. The average molecular weight is 446 g/mol. The Kier molecular flexibility index (Phi) is 8.83. The van der Waals surface area contributed by atoms with Crippen LogP contribution in [0.4, 0.5) is 0 Å². The summed E-state index contributed by atoms with van der Waals surface area (Å²) in [6.07, 6.45) is 0.946. The van der Waals surface area contributed by atoms with Crippen LogP contribution in [0.1, 0.15) is 45.7 Å². The SMILES string of the molecule is CCNC(=NCCNC(C)(C)C)NC1CCOc2ccccc21.I. The van der Waals surface area contributed by atoms with E-state index in [1.165, 1.54) is 5.56 Å². The molecule has 0 spiro atoms. The van der Waals surface area contributed by atoms with Crippen LogP contribution in [0.5, 0.6) is 5.75 Å². The van der Waals surface area contributed by atoms with Gasteiger partial charge in [-0.3, -0.25) is 4.99 Å². The fraction of sp³-hybridized carbons (Fsp3) is 0.611. The highest BCUT2D eigenvalue weighted by molar-refractivity contribution is 14.0. The van der Waals surface area contributed by atoms with Gasteiger partial charge in [0, 0.05) is 30.6 Å². The van der Waals surface area contributed by atoms with Gasteiger partial charge in [-0.05, 0) is 33.8 Å². The first kappa shape index (κ1) is 21.0. The Balaban J connectivity index is 0.00000288. The van der Waals surface area contributed by atoms with Crippen molar-refractivity contribution in [2.45, 2.75) is 45.7 Å². The predicted molar refractivity (Wildman–Crippen MR) is 112 cm³/mol. The Hall–Kier alpha value is -1.02. The molecule has 1 aromatic rings. The van der Waals surface area contributed by atoms with Crippen LogP contribution in [0.15, 0.2) is 29.3 Å². The van der Waals surface area contributed by atoms with E-state index in [1.54, 1.807) is 0 Å². The molecule has 0 saturated heterocycles. The molecule has 6 heteroatoms. The number of halogens is 1. The second-order valence-electron chi connectivity index (χ2n) is 6.81. The van der Waals surface area contributed by atoms with E-state index in [1.807, 2.05) is 12.1 Å². The largest absolute Gasteiger partial charge is 0.493 e. The summed E-state index contributed by atoms with van der Waals surface area (Å²) in [7, 11) is 0. The molecule has 0 aliphatic carbocycles. The molecule has 1 aliphatic heterocycles. The van der Waals surface area contributed by atoms with Gasteiger partial charge in [0.15, 0.2) is 5.96 Å². The number of guanidine groups is 1. The molecule has 1 aromatic carbocycles. The van der Waals surface area contributed by atoms with Crippen molar-refractivity contribution in [1.29, 1.82) is 0 Å². The molecule has 0 fully saturated rings. The van der Waals surface area contributed by atoms with Crippen molar-refractivity contribution in [3.05, 3.63) is 29.8 Å². The standard InChI is InChI=1S/C18H30N4O.HI/c1-5-19-17(20-11-12-21-18(2,3)4)22-15-10-13-23-16-9-7-6-8-14(15)16;/h6-9,15,21H,5,10-13H2,1-4H3,(H2,19,20,22);1H. The van der Waals surface area contributed by atoms with Crippen molar-refractivity contribution in [2.24, 2.45) is 4.99 Å². The highest BCUT2D eigenvalue weighted by atomic mass is 127. The summed E-state index contributed by atoms with van der Waals surface area (Å²) in [5.74, 6) is 1.84. The lowest BCUT2D eigenvalue weighted by molar-refractivity contribution is 0.261. The van der Waals surface area contributed by atoms with E-state index >= 15 is 0 Å². The van der Waals surface area contributed by atoms with Crippen molar-refractivity contribution in [3.63, 3.8) is 0 Å². The fourth-order valence-corrected chi connectivity index (χ4v) is 2.58. The number of rotatable bonds is 5. The summed E-state index contributed by atoms with van der Waals surface area (Å²) in [5.41, 5.74) is 1.33. The molecule has 0 aromatic heterocycles. The minimum atomic E-state index is 0. The van der Waals surface area contributed by atoms with Gasteiger partial charge in [-0.15, -0.1) is 24.0 Å². The van der Waals surface area contributed by atoms with E-state index in [0.29, 0.717) is 0 Å². The lowest BCUT2D eigenvalue weighted by Crippen LogP contribution is -2.42. The summed E-state index contributed by atoms with van der Waals surface area (Å²) in [6, 6.07) is 8.46. The Morgan fingerprint density at radius 3 is 2.75 bits per heavy atom. The van der Waals surface area contributed by atoms with Crippen LogP contribution in [0.2, 0.25) is 0 Å². The summed E-state index contributed by atoms with van der Waals surface area (Å²) < 4.78 is 5.72. The predicted octanol–water partition coefficient (Wildman–Crippen LogP) is 3.07. The van der Waals surface area contributed by atoms with Crippen LogP contribution in [-0.4, -0.2) is 37.7 Å². The summed E-state index contributed by atoms with van der Waals surface area (Å²) in [4.78, 5) is 4.67. The van der Waals surface area contributed by atoms with Gasteiger partial charge < -0.3 is 20.7 Å². The van der Waals surface area contributed by atoms with Crippen molar-refractivity contribution in [3.8, 4) is 5.75 Å². The Labute approximate surface area is 163 Å². The lowest BCUT2D eigenvalue weighted by atomic mass is 10.0. The highest BCUT2D eigenvalue weighted by Crippen LogP contribution is 2.31. The molecule has 2 rings (SSSR count). The first-order valence-corrected chi connectivity index (χ1v) is 8.51. The molecule has 136 valence electrons. The molecule has 24 heavy (non-hydrogen) atoms. The normalized spacial score (nSPS) is 17.3. The van der Waals surface area contributed by atoms with E-state index in [2.05, 4.69) is 60.8 Å². The number of nitrogens with zero attached hydrogens (tertiary/aromatic N) is 1. The second-order valence-corrected chi connectivity index (χ2v) is 6.81. The number of nitrogens with one attached hydrogen (secondary N) is 3. The molecule has 3 N–H and O–H groups in total. The van der Waals surface area contributed by atoms with E-state index in [9.17, 15) is 0 Å². The van der Waals surface area contributed by atoms with Crippen LogP contribution in [0.25, 0.3) is 0 Å². The summed E-state index contributed by atoms with van der Waals surface area (Å²) >= 11 is 0. The van der Waals surface area contributed by atoms with Crippen LogP contribution in [0, 0.1) is 0 Å². The maximum absolute atomic E-state index is 5.72. The smallest absolute Gasteiger partial charge is 0.191 e. The Morgan fingerprint density at radius 2 is 2.04 bits per heavy atom. The van der Waals surface area contributed by atoms with Gasteiger partial charge in [-0.1, -0.05) is 18.2 Å². The number of para-hydroxylation sites is 1. The highest BCUT2D eigenvalue weighted by Gasteiger charge is 2.21. The van der Waals surface area contributed by atoms with Gasteiger partial charge in [0.2, 0.25) is 0 Å². The van der Waals surface area contributed by atoms with E-state index < -0.39 is 0 Å². The first-order chi connectivity index (χ1) is 11.0. The van der Waals surface area contributed by atoms with Crippen LogP contribution >= 0.6 is 24.0 Å². The third-order valence-electron chi connectivity index (χ3n) is 3.65. The van der Waals surface area contributed by atoms with Gasteiger partial charge in [0.25, 0.3) is 0 Å². The lowest BCUT2D eigenvalue weighted by Gasteiger charge is -2.28. The molecular formula is C18H31IN4O. The number of benzene rings is 1. The maximum Gasteiger partial charge on any atom is 0.191 e. The molecule has 1 heterocycles. The third kappa shape index (κ3) is 6.84. The van der Waals surface area contributed by atoms with E-state index in [4.69, 9.17) is 4.74 Å². The monoisotopic (exact) mass is 446 g/mol. The number of hydrogen-bond donors (Lipinski definition) is 3. The van der Waals surface area contributed by atoms with Crippen LogP contribution in [0.3, 0.4) is 0 Å². The number of ether oxygens (including phenoxy) is 1. The average Bonchev–Trinajstić information content (AvgIpc) is 2.51. The van der Waals surface area contributed by atoms with Crippen molar-refractivity contribution in [2.75, 3.05) is 26.2 Å². The molecular weight excluding hydrogens is 415 g/mol. The zero-order chi connectivity index (χ0) is 16.7. The molecule has 0 amide bonds. The van der Waals surface area contributed by atoms with E-state index in [-0.39, 0.29) is 35.6 Å². The summed E-state index contributed by atoms with van der Waals surface area (Å²) in [5, 5.41) is 10.3. The van der Waals surface area contributed by atoms with Gasteiger partial charge in [-0.2, -0.15) is 0 Å². The third-order valence-corrected chi connectivity index (χ3v) is 3.65. The van der Waals surface area contributed by atoms with Crippen LogP contribution < -0.4 is 20.7 Å². The number of fused-ring (bicyclic) bond motifs is 1. The van der Waals surface area contributed by atoms with Gasteiger partial charge >= 0.3 is 0 Å². The molecule has 0 bridgehead atoms. The van der Waals surface area contributed by atoms with Gasteiger partial charge in [-0.25, -0.2) is 0 Å². The Morgan fingerprint density at radius 1 is 1.29 bits per heavy atom. The van der Waals surface area contributed by atoms with Crippen molar-refractivity contribution >= 4 is 29.9 Å². The molecule has 1 unspecified atom stereocenters. The molecule has 1 atom stereocenters. The van der Waals surface area contributed by atoms with Crippen molar-refractivity contribution in [1.82, 2.24) is 16.0 Å². The molecule has 1 aliphatic rings. The number of aliphatic imine (C=N–C) groups is 1. The van der Waals surface area contributed by atoms with Gasteiger partial charge in [0.05, 0.1) is 19.2 Å². The van der Waals surface area contributed by atoms with Crippen molar-refractivity contribution < 1.29 is 4.74 Å².